The van der Waals surface area contributed by atoms with E-state index in [-0.39, 0.29) is 30.0 Å². The average molecular weight is 285 g/mol. The molecule has 0 bridgehead atoms. The Morgan fingerprint density at radius 1 is 1.30 bits per heavy atom. The molecule has 2 unspecified atom stereocenters. The van der Waals surface area contributed by atoms with Gasteiger partial charge in [0.15, 0.2) is 0 Å². The number of carboxylic acid groups (broad SMARTS) is 1. The molecule has 0 aliphatic carbocycles. The van der Waals surface area contributed by atoms with Gasteiger partial charge in [0.2, 0.25) is 0 Å². The summed E-state index contributed by atoms with van der Waals surface area (Å²) >= 11 is 0. The number of esters is 1. The van der Waals surface area contributed by atoms with E-state index >= 15 is 0 Å². The number of likely N-dealkylation sites (tertiary alicyclic amines) is 1. The van der Waals surface area contributed by atoms with Gasteiger partial charge in [-0.15, -0.1) is 0 Å². The van der Waals surface area contributed by atoms with Crippen LogP contribution in [0.2, 0.25) is 0 Å². The Bertz CT molecular complexity index is 354. The van der Waals surface area contributed by atoms with E-state index in [9.17, 15) is 9.59 Å². The van der Waals surface area contributed by atoms with E-state index in [4.69, 9.17) is 9.84 Å². The summed E-state index contributed by atoms with van der Waals surface area (Å²) in [6.07, 6.45) is 2.36. The molecule has 1 N–H and O–H groups in total. The Labute approximate surface area is 121 Å². The molecule has 1 aliphatic rings. The van der Waals surface area contributed by atoms with E-state index in [1.807, 2.05) is 0 Å². The third-order valence-corrected chi connectivity index (χ3v) is 4.71. The van der Waals surface area contributed by atoms with E-state index < -0.39 is 5.97 Å². The number of hydrogen-bond acceptors (Lipinski definition) is 4. The number of hydrogen-bond donors (Lipinski definition) is 1. The molecule has 2 atom stereocenters. The topological polar surface area (TPSA) is 66.8 Å². The molecule has 0 aromatic heterocycles. The van der Waals surface area contributed by atoms with Gasteiger partial charge in [-0.1, -0.05) is 6.92 Å². The molecule has 1 aliphatic heterocycles. The number of carbonyl (C=O) groups excluding carboxylic acids is 1. The molecular formula is C15H27NO4. The summed E-state index contributed by atoms with van der Waals surface area (Å²) in [4.78, 5) is 24.5. The van der Waals surface area contributed by atoms with E-state index in [1.165, 1.54) is 0 Å². The van der Waals surface area contributed by atoms with Gasteiger partial charge in [0, 0.05) is 30.8 Å². The maximum atomic E-state index is 11.8. The van der Waals surface area contributed by atoms with Crippen molar-refractivity contribution in [2.24, 2.45) is 5.92 Å². The highest BCUT2D eigenvalue weighted by atomic mass is 16.5. The highest BCUT2D eigenvalue weighted by molar-refractivity contribution is 5.70. The van der Waals surface area contributed by atoms with Crippen molar-refractivity contribution in [3.63, 3.8) is 0 Å². The van der Waals surface area contributed by atoms with Gasteiger partial charge in [0.1, 0.15) is 6.10 Å². The first-order valence-corrected chi connectivity index (χ1v) is 7.37. The Morgan fingerprint density at radius 2 is 1.90 bits per heavy atom. The molecule has 5 nitrogen and oxygen atoms in total. The second kappa shape index (κ2) is 7.07. The highest BCUT2D eigenvalue weighted by Gasteiger charge is 2.41. The average Bonchev–Trinajstić information content (AvgIpc) is 2.36. The maximum Gasteiger partial charge on any atom is 0.306 e. The molecule has 20 heavy (non-hydrogen) atoms. The first-order chi connectivity index (χ1) is 9.25. The standard InChI is InChI=1S/C15H27NO4/c1-11-12(9-10-16(4)15(11,2)3)20-14(19)8-6-5-7-13(17)18/h11-12H,5-10H2,1-4H3,(H,17,18). The Kier molecular flexibility index (Phi) is 5.99. The number of unbranched alkanes of at least 4 members (excludes halogenated alkanes) is 1. The minimum absolute atomic E-state index is 0.0203. The van der Waals surface area contributed by atoms with Crippen LogP contribution in [-0.4, -0.2) is 47.2 Å². The molecule has 0 spiro atoms. The van der Waals surface area contributed by atoms with Gasteiger partial charge in [-0.05, 0) is 40.2 Å². The molecule has 0 saturated carbocycles. The maximum absolute atomic E-state index is 11.8. The summed E-state index contributed by atoms with van der Waals surface area (Å²) in [5.74, 6) is -0.735. The molecule has 0 aromatic rings. The Balaban J connectivity index is 2.36. The van der Waals surface area contributed by atoms with E-state index in [2.05, 4.69) is 32.7 Å². The van der Waals surface area contributed by atoms with Crippen LogP contribution in [0.3, 0.4) is 0 Å². The number of nitrogens with zero attached hydrogens (tertiary/aromatic N) is 1. The molecule has 1 rings (SSSR count). The number of carboxylic acids is 1. The van der Waals surface area contributed by atoms with Gasteiger partial charge in [0.25, 0.3) is 0 Å². The van der Waals surface area contributed by atoms with Crippen molar-refractivity contribution in [2.45, 2.75) is 64.5 Å². The molecular weight excluding hydrogens is 258 g/mol. The summed E-state index contributed by atoms with van der Waals surface area (Å²) in [6, 6.07) is 0. The molecule has 116 valence electrons. The molecule has 1 heterocycles. The quantitative estimate of drug-likeness (QED) is 0.599. The number of piperidine rings is 1. The van der Waals surface area contributed by atoms with Crippen LogP contribution in [0, 0.1) is 5.92 Å². The first-order valence-electron chi connectivity index (χ1n) is 7.37. The number of ether oxygens (including phenoxy) is 1. The van der Waals surface area contributed by atoms with Crippen LogP contribution in [0.25, 0.3) is 0 Å². The van der Waals surface area contributed by atoms with Crippen molar-refractivity contribution in [3.8, 4) is 0 Å². The minimum atomic E-state index is -0.816. The van der Waals surface area contributed by atoms with Gasteiger partial charge in [-0.25, -0.2) is 0 Å². The lowest BCUT2D eigenvalue weighted by Gasteiger charge is -2.48. The molecule has 5 heteroatoms. The van der Waals surface area contributed by atoms with Crippen LogP contribution in [-0.2, 0) is 14.3 Å². The zero-order valence-electron chi connectivity index (χ0n) is 13.0. The first kappa shape index (κ1) is 17.0. The molecule has 1 saturated heterocycles. The summed E-state index contributed by atoms with van der Waals surface area (Å²) in [5, 5.41) is 8.54. The third-order valence-electron chi connectivity index (χ3n) is 4.71. The third kappa shape index (κ3) is 4.47. The van der Waals surface area contributed by atoms with E-state index in [1.54, 1.807) is 0 Å². The summed E-state index contributed by atoms with van der Waals surface area (Å²) in [5.41, 5.74) is 0.0203. The second-order valence-corrected chi connectivity index (χ2v) is 6.28. The zero-order chi connectivity index (χ0) is 15.3. The predicted molar refractivity (Wildman–Crippen MR) is 76.5 cm³/mol. The Hall–Kier alpha value is -1.10. The smallest absolute Gasteiger partial charge is 0.306 e. The van der Waals surface area contributed by atoms with E-state index in [0.29, 0.717) is 19.3 Å². The molecule has 0 amide bonds. The number of aliphatic carboxylic acids is 1. The number of rotatable bonds is 6. The van der Waals surface area contributed by atoms with Crippen molar-refractivity contribution in [2.75, 3.05) is 13.6 Å². The monoisotopic (exact) mass is 285 g/mol. The largest absolute Gasteiger partial charge is 0.481 e. The second-order valence-electron chi connectivity index (χ2n) is 6.28. The fourth-order valence-corrected chi connectivity index (χ4v) is 2.60. The summed E-state index contributed by atoms with van der Waals surface area (Å²) in [7, 11) is 2.10. The van der Waals surface area contributed by atoms with Crippen LogP contribution in [0.15, 0.2) is 0 Å². The van der Waals surface area contributed by atoms with Crippen molar-refractivity contribution >= 4 is 11.9 Å². The van der Waals surface area contributed by atoms with Crippen molar-refractivity contribution in [1.82, 2.24) is 4.90 Å². The lowest BCUT2D eigenvalue weighted by Crippen LogP contribution is -2.56. The summed E-state index contributed by atoms with van der Waals surface area (Å²) in [6.45, 7) is 7.39. The summed E-state index contributed by atoms with van der Waals surface area (Å²) < 4.78 is 5.58. The van der Waals surface area contributed by atoms with Gasteiger partial charge < -0.3 is 14.7 Å². The van der Waals surface area contributed by atoms with Crippen molar-refractivity contribution in [3.05, 3.63) is 0 Å². The fourth-order valence-electron chi connectivity index (χ4n) is 2.60. The lowest BCUT2D eigenvalue weighted by atomic mass is 9.79. The molecule has 1 fully saturated rings. The van der Waals surface area contributed by atoms with Gasteiger partial charge >= 0.3 is 11.9 Å². The SMILES string of the molecule is CC1C(OC(=O)CCCCC(=O)O)CCN(C)C1(C)C. The fraction of sp³-hybridized carbons (Fsp3) is 0.867. The highest BCUT2D eigenvalue weighted by Crippen LogP contribution is 2.33. The lowest BCUT2D eigenvalue weighted by molar-refractivity contribution is -0.159. The zero-order valence-corrected chi connectivity index (χ0v) is 13.0. The van der Waals surface area contributed by atoms with Crippen LogP contribution in [0.5, 0.6) is 0 Å². The van der Waals surface area contributed by atoms with Crippen molar-refractivity contribution in [1.29, 1.82) is 0 Å². The van der Waals surface area contributed by atoms with Crippen LogP contribution in [0.4, 0.5) is 0 Å². The minimum Gasteiger partial charge on any atom is -0.481 e. The van der Waals surface area contributed by atoms with Crippen LogP contribution in [0.1, 0.15) is 52.9 Å². The van der Waals surface area contributed by atoms with Crippen LogP contribution < -0.4 is 0 Å². The van der Waals surface area contributed by atoms with Gasteiger partial charge in [0.05, 0.1) is 0 Å². The van der Waals surface area contributed by atoms with Gasteiger partial charge in [-0.2, -0.15) is 0 Å². The number of carbonyl (C=O) groups is 2. The van der Waals surface area contributed by atoms with E-state index in [0.717, 1.165) is 13.0 Å². The normalized spacial score (nSPS) is 26.2. The molecule has 0 radical (unpaired) electrons. The molecule has 0 aromatic carbocycles. The predicted octanol–water partition coefficient (Wildman–Crippen LogP) is 2.29. The van der Waals surface area contributed by atoms with Crippen LogP contribution >= 0.6 is 0 Å². The van der Waals surface area contributed by atoms with Gasteiger partial charge in [-0.3, -0.25) is 9.59 Å². The van der Waals surface area contributed by atoms with Crippen molar-refractivity contribution < 1.29 is 19.4 Å². The Morgan fingerprint density at radius 3 is 2.50 bits per heavy atom.